The van der Waals surface area contributed by atoms with Gasteiger partial charge in [-0.15, -0.1) is 0 Å². The number of nitrogens with zero attached hydrogens (tertiary/aromatic N) is 3. The molecular weight excluding hydrogens is 449 g/mol. The number of hydrogen-bond acceptors (Lipinski definition) is 8. The molecule has 0 radical (unpaired) electrons. The Bertz CT molecular complexity index is 1130. The van der Waals surface area contributed by atoms with E-state index in [0.717, 1.165) is 6.07 Å². The number of carbonyl (C=O) groups excluding carboxylic acids is 2. The summed E-state index contributed by atoms with van der Waals surface area (Å²) in [6.45, 7) is 2.68. The van der Waals surface area contributed by atoms with Gasteiger partial charge in [-0.25, -0.2) is 14.4 Å². The molecule has 0 aliphatic carbocycles. The molecule has 2 aromatic heterocycles. The summed E-state index contributed by atoms with van der Waals surface area (Å²) >= 11 is 1.25. The van der Waals surface area contributed by atoms with Crippen LogP contribution in [-0.4, -0.2) is 64.7 Å². The van der Waals surface area contributed by atoms with E-state index in [2.05, 4.69) is 9.97 Å². The Balaban J connectivity index is 1.30. The van der Waals surface area contributed by atoms with Crippen molar-refractivity contribution in [1.29, 1.82) is 0 Å². The van der Waals surface area contributed by atoms with E-state index in [1.165, 1.54) is 30.8 Å². The van der Waals surface area contributed by atoms with E-state index in [0.29, 0.717) is 42.1 Å². The smallest absolute Gasteiger partial charge is 0.233 e. The average Bonchev–Trinajstić information content (AvgIpc) is 3.37. The van der Waals surface area contributed by atoms with Crippen LogP contribution in [0, 0.1) is 5.82 Å². The molecule has 1 aliphatic rings. The largest absolute Gasteiger partial charge is 0.490 e. The Labute approximate surface area is 194 Å². The number of aromatic nitrogens is 2. The van der Waals surface area contributed by atoms with Crippen LogP contribution >= 0.6 is 11.8 Å². The second kappa shape index (κ2) is 10.6. The van der Waals surface area contributed by atoms with Crippen molar-refractivity contribution in [2.24, 2.45) is 0 Å². The molecule has 1 fully saturated rings. The van der Waals surface area contributed by atoms with Crippen molar-refractivity contribution < 1.29 is 27.9 Å². The molecule has 4 rings (SSSR count). The minimum atomic E-state index is -0.505. The van der Waals surface area contributed by atoms with Gasteiger partial charge in [0, 0.05) is 12.7 Å². The number of benzene rings is 1. The Morgan fingerprint density at radius 2 is 2.18 bits per heavy atom. The van der Waals surface area contributed by atoms with Gasteiger partial charge in [-0.2, -0.15) is 0 Å². The molecule has 0 saturated carbocycles. The standard InChI is InChI=1S/C23H22FN3O5S/c1-15(28)18-11-16(24)4-5-20(18)32-13-17-12-27(8-10-30-17)22(29)14-33-23-25-7-6-19(26-23)21-3-2-9-31-21/h2-7,9,11,17H,8,10,12-14H2,1H3. The molecule has 33 heavy (non-hydrogen) atoms. The first-order chi connectivity index (χ1) is 16.0. The summed E-state index contributed by atoms with van der Waals surface area (Å²) in [7, 11) is 0. The molecule has 1 amide bonds. The van der Waals surface area contributed by atoms with E-state index in [9.17, 15) is 14.0 Å². The number of morpholine rings is 1. The van der Waals surface area contributed by atoms with Gasteiger partial charge >= 0.3 is 0 Å². The van der Waals surface area contributed by atoms with Crippen molar-refractivity contribution in [1.82, 2.24) is 14.9 Å². The molecule has 3 heterocycles. The third-order valence-electron chi connectivity index (χ3n) is 4.97. The number of ether oxygens (including phenoxy) is 2. The first kappa shape index (κ1) is 22.9. The second-order valence-electron chi connectivity index (χ2n) is 7.33. The van der Waals surface area contributed by atoms with Crippen molar-refractivity contribution in [2.45, 2.75) is 18.2 Å². The lowest BCUT2D eigenvalue weighted by Crippen LogP contribution is -2.48. The molecule has 1 unspecified atom stereocenters. The maximum absolute atomic E-state index is 13.4. The van der Waals surface area contributed by atoms with E-state index >= 15 is 0 Å². The van der Waals surface area contributed by atoms with Crippen LogP contribution in [0.15, 0.2) is 58.4 Å². The normalized spacial score (nSPS) is 15.9. The third kappa shape index (κ3) is 5.96. The zero-order chi connectivity index (χ0) is 23.2. The van der Waals surface area contributed by atoms with Gasteiger partial charge in [-0.05, 0) is 43.3 Å². The highest BCUT2D eigenvalue weighted by atomic mass is 32.2. The Kier molecular flexibility index (Phi) is 7.36. The molecule has 0 bridgehead atoms. The summed E-state index contributed by atoms with van der Waals surface area (Å²) in [5, 5.41) is 0.485. The van der Waals surface area contributed by atoms with Crippen LogP contribution in [0.3, 0.4) is 0 Å². The summed E-state index contributed by atoms with van der Waals surface area (Å²) in [6, 6.07) is 9.14. The topological polar surface area (TPSA) is 94.8 Å². The third-order valence-corrected chi connectivity index (χ3v) is 5.82. The van der Waals surface area contributed by atoms with Crippen molar-refractivity contribution in [2.75, 3.05) is 32.1 Å². The highest BCUT2D eigenvalue weighted by Gasteiger charge is 2.25. The van der Waals surface area contributed by atoms with Crippen molar-refractivity contribution in [3.63, 3.8) is 0 Å². The van der Waals surface area contributed by atoms with Crippen LogP contribution in [0.5, 0.6) is 5.75 Å². The molecule has 3 aromatic rings. The molecule has 1 aromatic carbocycles. The summed E-state index contributed by atoms with van der Waals surface area (Å²) in [5.41, 5.74) is 0.825. The lowest BCUT2D eigenvalue weighted by Gasteiger charge is -2.32. The number of amides is 1. The van der Waals surface area contributed by atoms with Crippen LogP contribution in [0.2, 0.25) is 0 Å². The summed E-state index contributed by atoms with van der Waals surface area (Å²) < 4.78 is 30.2. The Morgan fingerprint density at radius 1 is 1.30 bits per heavy atom. The van der Waals surface area contributed by atoms with Crippen molar-refractivity contribution in [3.8, 4) is 17.2 Å². The van der Waals surface area contributed by atoms with E-state index in [1.807, 2.05) is 6.07 Å². The second-order valence-corrected chi connectivity index (χ2v) is 8.27. The van der Waals surface area contributed by atoms with Crippen molar-refractivity contribution >= 4 is 23.5 Å². The number of Topliss-reactive ketones (excluding diaryl/α,β-unsaturated/α-hetero) is 1. The first-order valence-corrected chi connectivity index (χ1v) is 11.3. The highest BCUT2D eigenvalue weighted by Crippen LogP contribution is 2.23. The van der Waals surface area contributed by atoms with Gasteiger partial charge in [0.25, 0.3) is 0 Å². The van der Waals surface area contributed by atoms with Crippen molar-refractivity contribution in [3.05, 3.63) is 60.2 Å². The summed E-state index contributed by atoms with van der Waals surface area (Å²) in [6.07, 6.45) is 2.84. The Morgan fingerprint density at radius 3 is 2.97 bits per heavy atom. The monoisotopic (exact) mass is 471 g/mol. The number of halogens is 1. The maximum atomic E-state index is 13.4. The first-order valence-electron chi connectivity index (χ1n) is 10.3. The molecule has 0 spiro atoms. The molecule has 172 valence electrons. The molecule has 10 heteroatoms. The van der Waals surface area contributed by atoms with Crippen LogP contribution in [0.25, 0.3) is 11.5 Å². The van der Waals surface area contributed by atoms with Gasteiger partial charge in [0.1, 0.15) is 30.0 Å². The minimum Gasteiger partial charge on any atom is -0.490 e. The number of rotatable bonds is 8. The van der Waals surface area contributed by atoms with E-state index in [-0.39, 0.29) is 35.7 Å². The van der Waals surface area contributed by atoms with Crippen LogP contribution in [0.1, 0.15) is 17.3 Å². The molecule has 1 saturated heterocycles. The fourth-order valence-electron chi connectivity index (χ4n) is 3.32. The van der Waals surface area contributed by atoms with Crippen LogP contribution in [-0.2, 0) is 9.53 Å². The Hall–Kier alpha value is -3.24. The van der Waals surface area contributed by atoms with Crippen LogP contribution < -0.4 is 4.74 Å². The minimum absolute atomic E-state index is 0.0634. The molecule has 1 aliphatic heterocycles. The molecule has 1 atom stereocenters. The lowest BCUT2D eigenvalue weighted by atomic mass is 10.1. The fraction of sp³-hybridized carbons (Fsp3) is 0.304. The van der Waals surface area contributed by atoms with Gasteiger partial charge in [-0.1, -0.05) is 11.8 Å². The summed E-state index contributed by atoms with van der Waals surface area (Å²) in [5.74, 6) is 0.250. The van der Waals surface area contributed by atoms with E-state index in [1.54, 1.807) is 29.5 Å². The number of hydrogen-bond donors (Lipinski definition) is 0. The quantitative estimate of drug-likeness (QED) is 0.280. The predicted molar refractivity (Wildman–Crippen MR) is 119 cm³/mol. The zero-order valence-electron chi connectivity index (χ0n) is 17.9. The maximum Gasteiger partial charge on any atom is 0.233 e. The molecule has 0 N–H and O–H groups in total. The lowest BCUT2D eigenvalue weighted by molar-refractivity contribution is -0.137. The zero-order valence-corrected chi connectivity index (χ0v) is 18.7. The molecular formula is C23H22FN3O5S. The highest BCUT2D eigenvalue weighted by molar-refractivity contribution is 7.99. The number of furan rings is 1. The number of carbonyl (C=O) groups is 2. The van der Waals surface area contributed by atoms with Gasteiger partial charge in [-0.3, -0.25) is 9.59 Å². The number of thioether (sulfide) groups is 1. The average molecular weight is 472 g/mol. The SMILES string of the molecule is CC(=O)c1cc(F)ccc1OCC1CN(C(=O)CSc2nccc(-c3ccco3)n2)CCO1. The molecule has 8 nitrogen and oxygen atoms in total. The number of ketones is 1. The van der Waals surface area contributed by atoms with E-state index < -0.39 is 5.82 Å². The van der Waals surface area contributed by atoms with Gasteiger partial charge in [0.05, 0.1) is 30.7 Å². The van der Waals surface area contributed by atoms with Gasteiger partial charge < -0.3 is 18.8 Å². The fourth-order valence-corrected chi connectivity index (χ4v) is 4.06. The predicted octanol–water partition coefficient (Wildman–Crippen LogP) is 3.48. The van der Waals surface area contributed by atoms with E-state index in [4.69, 9.17) is 13.9 Å². The van der Waals surface area contributed by atoms with Crippen LogP contribution in [0.4, 0.5) is 4.39 Å². The van der Waals surface area contributed by atoms with Gasteiger partial charge in [0.15, 0.2) is 16.7 Å². The van der Waals surface area contributed by atoms with Gasteiger partial charge in [0.2, 0.25) is 5.91 Å². The summed E-state index contributed by atoms with van der Waals surface area (Å²) in [4.78, 5) is 34.8.